The van der Waals surface area contributed by atoms with Gasteiger partial charge in [-0.2, -0.15) is 0 Å². The maximum absolute atomic E-state index is 11.5. The molecule has 2 atom stereocenters. The van der Waals surface area contributed by atoms with E-state index in [4.69, 9.17) is 5.73 Å². The fourth-order valence-electron chi connectivity index (χ4n) is 1.01. The lowest BCUT2D eigenvalue weighted by Gasteiger charge is -2.26. The minimum absolute atomic E-state index is 0.150. The number of esters is 1. The fourth-order valence-corrected chi connectivity index (χ4v) is 1.01. The minimum atomic E-state index is -1.34. The highest BCUT2D eigenvalue weighted by Gasteiger charge is 2.24. The minimum Gasteiger partial charge on any atom is -0.467 e. The third-order valence-electron chi connectivity index (χ3n) is 2.48. The van der Waals surface area contributed by atoms with Crippen molar-refractivity contribution < 1.29 is 19.4 Å². The van der Waals surface area contributed by atoms with Crippen molar-refractivity contribution in [2.24, 2.45) is 11.1 Å². The monoisotopic (exact) mass is 246 g/mol. The molecule has 0 rings (SSSR count). The Kier molecular flexibility index (Phi) is 6.12. The van der Waals surface area contributed by atoms with Gasteiger partial charge in [0.1, 0.15) is 0 Å². The SMILES string of the molecule is COC(=O)C(O)CNC(=O)CC(N)C(C)(C)C. The van der Waals surface area contributed by atoms with Crippen molar-refractivity contribution >= 4 is 11.9 Å². The number of rotatable bonds is 5. The predicted octanol–water partition coefficient (Wildman–Crippen LogP) is -0.600. The Balaban J connectivity index is 4.00. The van der Waals surface area contributed by atoms with Crippen LogP contribution in [-0.2, 0) is 14.3 Å². The van der Waals surface area contributed by atoms with Gasteiger partial charge in [-0.1, -0.05) is 20.8 Å². The summed E-state index contributed by atoms with van der Waals surface area (Å²) in [7, 11) is 1.17. The maximum Gasteiger partial charge on any atom is 0.336 e. The average Bonchev–Trinajstić information content (AvgIpc) is 2.23. The number of carbonyl (C=O) groups excluding carboxylic acids is 2. The number of nitrogens with one attached hydrogen (secondary N) is 1. The van der Waals surface area contributed by atoms with Gasteiger partial charge in [-0.25, -0.2) is 4.79 Å². The van der Waals surface area contributed by atoms with Gasteiger partial charge in [0.2, 0.25) is 5.91 Å². The number of hydrogen-bond donors (Lipinski definition) is 3. The molecular formula is C11H22N2O4. The summed E-state index contributed by atoms with van der Waals surface area (Å²) < 4.78 is 4.31. The van der Waals surface area contributed by atoms with Gasteiger partial charge in [-0.3, -0.25) is 4.79 Å². The van der Waals surface area contributed by atoms with Crippen LogP contribution in [0.4, 0.5) is 0 Å². The number of hydrogen-bond acceptors (Lipinski definition) is 5. The Bertz CT molecular complexity index is 273. The van der Waals surface area contributed by atoms with Crippen LogP contribution in [0.15, 0.2) is 0 Å². The molecule has 0 aliphatic heterocycles. The number of methoxy groups -OCH3 is 1. The fraction of sp³-hybridized carbons (Fsp3) is 0.818. The molecule has 1 amide bonds. The molecule has 4 N–H and O–H groups in total. The summed E-state index contributed by atoms with van der Waals surface area (Å²) in [6.45, 7) is 5.65. The molecule has 0 aromatic rings. The summed E-state index contributed by atoms with van der Waals surface area (Å²) in [5.74, 6) is -1.07. The van der Waals surface area contributed by atoms with Crippen LogP contribution in [0, 0.1) is 5.41 Å². The van der Waals surface area contributed by atoms with Crippen molar-refractivity contribution in [2.75, 3.05) is 13.7 Å². The smallest absolute Gasteiger partial charge is 0.336 e. The molecule has 0 heterocycles. The summed E-state index contributed by atoms with van der Waals surface area (Å²) in [6.07, 6.45) is -1.19. The molecule has 100 valence electrons. The van der Waals surface area contributed by atoms with E-state index in [2.05, 4.69) is 10.1 Å². The Hall–Kier alpha value is -1.14. The molecule has 6 nitrogen and oxygen atoms in total. The zero-order valence-corrected chi connectivity index (χ0v) is 10.8. The maximum atomic E-state index is 11.5. The average molecular weight is 246 g/mol. The molecule has 0 aliphatic rings. The lowest BCUT2D eigenvalue weighted by molar-refractivity contribution is -0.150. The molecule has 6 heteroatoms. The van der Waals surface area contributed by atoms with Crippen molar-refractivity contribution in [3.05, 3.63) is 0 Å². The van der Waals surface area contributed by atoms with Crippen LogP contribution in [-0.4, -0.2) is 42.8 Å². The molecule has 0 spiro atoms. The van der Waals surface area contributed by atoms with Gasteiger partial charge in [0.05, 0.1) is 13.7 Å². The van der Waals surface area contributed by atoms with E-state index in [9.17, 15) is 14.7 Å². The van der Waals surface area contributed by atoms with Crippen LogP contribution < -0.4 is 11.1 Å². The molecule has 0 saturated carbocycles. The summed E-state index contributed by atoms with van der Waals surface area (Å²) in [5.41, 5.74) is 5.66. The first-order chi connectivity index (χ1) is 7.68. The molecule has 0 bridgehead atoms. The van der Waals surface area contributed by atoms with Crippen molar-refractivity contribution in [2.45, 2.75) is 39.3 Å². The molecule has 17 heavy (non-hydrogen) atoms. The summed E-state index contributed by atoms with van der Waals surface area (Å²) in [5, 5.41) is 11.7. The Morgan fingerprint density at radius 3 is 2.35 bits per heavy atom. The Morgan fingerprint density at radius 2 is 1.94 bits per heavy atom. The van der Waals surface area contributed by atoms with Gasteiger partial charge in [0, 0.05) is 12.5 Å². The lowest BCUT2D eigenvalue weighted by Crippen LogP contribution is -2.43. The quantitative estimate of drug-likeness (QED) is 0.562. The standard InChI is InChI=1S/C11H22N2O4/c1-11(2,3)8(12)5-9(15)13-6-7(14)10(16)17-4/h7-8,14H,5-6,12H2,1-4H3,(H,13,15). The predicted molar refractivity (Wildman–Crippen MR) is 63.1 cm³/mol. The van der Waals surface area contributed by atoms with Crippen LogP contribution in [0.25, 0.3) is 0 Å². The summed E-state index contributed by atoms with van der Waals surface area (Å²) in [4.78, 5) is 22.3. The molecule has 0 aliphatic carbocycles. The zero-order chi connectivity index (χ0) is 13.6. The highest BCUT2D eigenvalue weighted by Crippen LogP contribution is 2.19. The molecule has 0 aromatic heterocycles. The van der Waals surface area contributed by atoms with E-state index in [1.54, 1.807) is 0 Å². The molecule has 2 unspecified atom stereocenters. The van der Waals surface area contributed by atoms with Crippen LogP contribution in [0.1, 0.15) is 27.2 Å². The second-order valence-corrected chi connectivity index (χ2v) is 5.02. The number of ether oxygens (including phenoxy) is 1. The van der Waals surface area contributed by atoms with Crippen LogP contribution >= 0.6 is 0 Å². The van der Waals surface area contributed by atoms with Crippen molar-refractivity contribution in [1.29, 1.82) is 0 Å². The van der Waals surface area contributed by atoms with E-state index < -0.39 is 12.1 Å². The van der Waals surface area contributed by atoms with E-state index in [0.29, 0.717) is 0 Å². The molecule has 0 aromatic carbocycles. The summed E-state index contributed by atoms with van der Waals surface area (Å²) >= 11 is 0. The first-order valence-electron chi connectivity index (χ1n) is 5.46. The van der Waals surface area contributed by atoms with Crippen LogP contribution in [0.2, 0.25) is 0 Å². The van der Waals surface area contributed by atoms with E-state index >= 15 is 0 Å². The number of carbonyl (C=O) groups is 2. The second kappa shape index (κ2) is 6.56. The third kappa shape index (κ3) is 6.23. The Labute approximate surface area is 102 Å². The van der Waals surface area contributed by atoms with E-state index in [1.807, 2.05) is 20.8 Å². The first kappa shape index (κ1) is 15.9. The van der Waals surface area contributed by atoms with Crippen LogP contribution in [0.5, 0.6) is 0 Å². The molecular weight excluding hydrogens is 224 g/mol. The number of nitrogens with two attached hydrogens (primary N) is 1. The molecule has 0 fully saturated rings. The Morgan fingerprint density at radius 1 is 1.41 bits per heavy atom. The third-order valence-corrected chi connectivity index (χ3v) is 2.48. The van der Waals surface area contributed by atoms with Gasteiger partial charge < -0.3 is 20.9 Å². The van der Waals surface area contributed by atoms with E-state index in [0.717, 1.165) is 0 Å². The van der Waals surface area contributed by atoms with Crippen molar-refractivity contribution in [1.82, 2.24) is 5.32 Å². The van der Waals surface area contributed by atoms with E-state index in [-0.39, 0.29) is 30.3 Å². The molecule has 0 radical (unpaired) electrons. The van der Waals surface area contributed by atoms with Crippen molar-refractivity contribution in [3.8, 4) is 0 Å². The van der Waals surface area contributed by atoms with Gasteiger partial charge >= 0.3 is 5.97 Å². The van der Waals surface area contributed by atoms with Gasteiger partial charge in [-0.15, -0.1) is 0 Å². The normalized spacial score (nSPS) is 14.9. The zero-order valence-electron chi connectivity index (χ0n) is 10.8. The first-order valence-corrected chi connectivity index (χ1v) is 5.46. The highest BCUT2D eigenvalue weighted by atomic mass is 16.5. The summed E-state index contributed by atoms with van der Waals surface area (Å²) in [6, 6.07) is -0.280. The van der Waals surface area contributed by atoms with Gasteiger partial charge in [-0.05, 0) is 5.41 Å². The van der Waals surface area contributed by atoms with Gasteiger partial charge in [0.25, 0.3) is 0 Å². The largest absolute Gasteiger partial charge is 0.467 e. The highest BCUT2D eigenvalue weighted by molar-refractivity contribution is 5.79. The van der Waals surface area contributed by atoms with Gasteiger partial charge in [0.15, 0.2) is 6.10 Å². The second-order valence-electron chi connectivity index (χ2n) is 5.02. The topological polar surface area (TPSA) is 102 Å². The van der Waals surface area contributed by atoms with Crippen molar-refractivity contribution in [3.63, 3.8) is 0 Å². The number of aliphatic hydroxyl groups excluding tert-OH is 1. The molecule has 0 saturated heterocycles. The number of amides is 1. The van der Waals surface area contributed by atoms with E-state index in [1.165, 1.54) is 7.11 Å². The van der Waals surface area contributed by atoms with Crippen LogP contribution in [0.3, 0.4) is 0 Å². The lowest BCUT2D eigenvalue weighted by atomic mass is 9.85. The number of aliphatic hydroxyl groups is 1.